The van der Waals surface area contributed by atoms with E-state index in [1.54, 1.807) is 45.8 Å². The molecule has 2 fully saturated rings. The van der Waals surface area contributed by atoms with Gasteiger partial charge in [0.25, 0.3) is 0 Å². The van der Waals surface area contributed by atoms with E-state index in [2.05, 4.69) is 0 Å². The number of nitrogens with zero attached hydrogens (tertiary/aromatic N) is 1. The van der Waals surface area contributed by atoms with Gasteiger partial charge in [-0.3, -0.25) is 9.59 Å². The number of carbonyl (C=O) groups excluding carboxylic acids is 2. The molecule has 0 saturated carbocycles. The van der Waals surface area contributed by atoms with Crippen molar-refractivity contribution >= 4 is 11.8 Å². The highest BCUT2D eigenvalue weighted by Gasteiger charge is 2.47. The van der Waals surface area contributed by atoms with Crippen molar-refractivity contribution in [2.24, 2.45) is 23.7 Å². The van der Waals surface area contributed by atoms with E-state index >= 15 is 0 Å². The molecule has 3 aliphatic rings. The van der Waals surface area contributed by atoms with E-state index in [1.807, 2.05) is 33.8 Å². The Morgan fingerprint density at radius 3 is 2.06 bits per heavy atom. The van der Waals surface area contributed by atoms with E-state index in [1.165, 1.54) is 20.3 Å². The van der Waals surface area contributed by atoms with E-state index in [4.69, 9.17) is 33.2 Å². The average Bonchev–Trinajstić information content (AvgIpc) is 3.09. The lowest BCUT2D eigenvalue weighted by atomic mass is 9.82. The van der Waals surface area contributed by atoms with Crippen molar-refractivity contribution in [3.05, 3.63) is 23.8 Å². The second-order valence-corrected chi connectivity index (χ2v) is 15.2. The van der Waals surface area contributed by atoms with Crippen LogP contribution < -0.4 is 0 Å². The first-order chi connectivity index (χ1) is 24.4. The third-order valence-electron chi connectivity index (χ3n) is 10.9. The van der Waals surface area contributed by atoms with E-state index in [-0.39, 0.29) is 24.7 Å². The molecule has 0 aromatic heterocycles. The molecule has 3 aliphatic heterocycles. The van der Waals surface area contributed by atoms with Crippen LogP contribution in [0.5, 0.6) is 0 Å². The fraction of sp³-hybridized carbons (Fsp3) is 0.842. The summed E-state index contributed by atoms with van der Waals surface area (Å²) in [5, 5.41) is 44.0. The Morgan fingerprint density at radius 1 is 0.846 bits per heavy atom. The van der Waals surface area contributed by atoms with Gasteiger partial charge in [0.15, 0.2) is 18.4 Å². The normalized spacial score (nSPS) is 44.9. The molecule has 0 aromatic carbocycles. The molecule has 4 N–H and O–H groups in total. The molecule has 14 heteroatoms. The highest BCUT2D eigenvalue weighted by atomic mass is 16.7. The van der Waals surface area contributed by atoms with Crippen LogP contribution in [0.2, 0.25) is 0 Å². The van der Waals surface area contributed by atoms with Crippen LogP contribution in [0.1, 0.15) is 67.7 Å². The van der Waals surface area contributed by atoms with Crippen molar-refractivity contribution < 1.29 is 63.2 Å². The number of hydrogen-bond donors (Lipinski definition) is 4. The summed E-state index contributed by atoms with van der Waals surface area (Å²) in [5.74, 6) is -2.56. The molecular weight excluding hydrogens is 678 g/mol. The molecule has 0 amide bonds. The maximum Gasteiger partial charge on any atom is 0.308 e. The van der Waals surface area contributed by atoms with Crippen LogP contribution in [0.3, 0.4) is 0 Å². The molecule has 52 heavy (non-hydrogen) atoms. The molecule has 300 valence electrons. The monoisotopic (exact) mass is 743 g/mol. The third-order valence-corrected chi connectivity index (χ3v) is 10.9. The topological polar surface area (TPSA) is 183 Å². The summed E-state index contributed by atoms with van der Waals surface area (Å²) in [7, 11) is 6.46. The van der Waals surface area contributed by atoms with E-state index < -0.39 is 103 Å². The summed E-state index contributed by atoms with van der Waals surface area (Å²) in [4.78, 5) is 28.6. The van der Waals surface area contributed by atoms with Crippen molar-refractivity contribution in [1.29, 1.82) is 0 Å². The van der Waals surface area contributed by atoms with E-state index in [0.29, 0.717) is 12.8 Å². The Morgan fingerprint density at radius 2 is 1.46 bits per heavy atom. The van der Waals surface area contributed by atoms with Gasteiger partial charge in [-0.25, -0.2) is 0 Å². The van der Waals surface area contributed by atoms with Gasteiger partial charge >= 0.3 is 5.97 Å². The summed E-state index contributed by atoms with van der Waals surface area (Å²) in [6.45, 7) is 12.7. The third kappa shape index (κ3) is 11.1. The lowest BCUT2D eigenvalue weighted by Gasteiger charge is -2.46. The number of likely N-dealkylation sites (N-methyl/N-ethyl adjacent to an activating group) is 1. The Hall–Kier alpha value is -1.82. The minimum Gasteiger partial charge on any atom is -0.462 e. The zero-order valence-electron chi connectivity index (χ0n) is 32.8. The standard InChI is InChI=1S/C38H65NO13/c1-12-28-25(18-48-38-36(47-11)35(46-10)32(44)24(7)50-38)15-19(2)13-14-26(40)20(3)16-21(4)34(22(5)27(41)17-29(42)51-28)52-37-33(45)30(39(8)9)31(43)23(6)49-37/h13-15,20-25,27-28,30-38,41,43-45H,12,16-18H2,1-11H3/b14-13-,19-15+/t20-,21+,22+,23-,24-,25-,27-,28?,30+,31-,32-,33-,34?,35-,36-,37+,38-/m1/s1. The number of methoxy groups -OCH3 is 2. The molecule has 2 saturated heterocycles. The summed E-state index contributed by atoms with van der Waals surface area (Å²) in [5.41, 5.74) is 0.750. The first-order valence-electron chi connectivity index (χ1n) is 18.6. The largest absolute Gasteiger partial charge is 0.462 e. The number of allylic oxidation sites excluding steroid dienone is 3. The van der Waals surface area contributed by atoms with Crippen LogP contribution in [-0.2, 0) is 42.7 Å². The van der Waals surface area contributed by atoms with E-state index in [0.717, 1.165) is 5.57 Å². The molecule has 2 unspecified atom stereocenters. The Kier molecular flexibility index (Phi) is 17.3. The SMILES string of the molecule is CCC1OC(=O)C[C@@H](O)[C@H](C)C(O[C@@H]2O[C@H](C)[C@@H](O)[C@H](N(C)C)[C@H]2O)[C@@H](C)C[C@@H](C)C(=O)/C=C\C(C)=C\[C@@H]1CO[C@@H]1O[C@H](C)[C@@H](O)[C@@H](OC)[C@H]1OC. The summed E-state index contributed by atoms with van der Waals surface area (Å²) in [6, 6.07) is -0.670. The summed E-state index contributed by atoms with van der Waals surface area (Å²) < 4.78 is 41.7. The number of cyclic esters (lactones) is 1. The van der Waals surface area contributed by atoms with Crippen molar-refractivity contribution in [2.75, 3.05) is 34.9 Å². The number of aliphatic hydroxyl groups is 4. The van der Waals surface area contributed by atoms with Gasteiger partial charge in [-0.1, -0.05) is 45.4 Å². The lowest BCUT2D eigenvalue weighted by molar-refractivity contribution is -0.304. The first-order valence-corrected chi connectivity index (χ1v) is 18.6. The number of carbonyl (C=O) groups is 2. The fourth-order valence-corrected chi connectivity index (χ4v) is 7.62. The second kappa shape index (κ2) is 20.2. The molecule has 3 rings (SSSR count). The predicted molar refractivity (Wildman–Crippen MR) is 191 cm³/mol. The zero-order chi connectivity index (χ0) is 39.0. The lowest BCUT2D eigenvalue weighted by Crippen LogP contribution is -2.63. The summed E-state index contributed by atoms with van der Waals surface area (Å²) in [6.07, 6.45) is -4.78. The molecule has 0 radical (unpaired) electrons. The van der Waals surface area contributed by atoms with Crippen LogP contribution in [0.4, 0.5) is 0 Å². The maximum absolute atomic E-state index is 13.5. The van der Waals surface area contributed by atoms with Crippen LogP contribution in [0.25, 0.3) is 0 Å². The predicted octanol–water partition coefficient (Wildman–Crippen LogP) is 1.99. The molecule has 14 nitrogen and oxygen atoms in total. The number of esters is 1. The van der Waals surface area contributed by atoms with Gasteiger partial charge in [-0.05, 0) is 59.7 Å². The Balaban J connectivity index is 1.90. The van der Waals surface area contributed by atoms with Crippen molar-refractivity contribution in [3.63, 3.8) is 0 Å². The van der Waals surface area contributed by atoms with Gasteiger partial charge in [0.1, 0.15) is 30.5 Å². The number of hydrogen-bond acceptors (Lipinski definition) is 14. The van der Waals surface area contributed by atoms with Gasteiger partial charge in [-0.2, -0.15) is 0 Å². The van der Waals surface area contributed by atoms with Crippen LogP contribution in [-0.4, -0.2) is 152 Å². The first kappa shape index (κ1) is 44.6. The molecule has 0 aliphatic carbocycles. The van der Waals surface area contributed by atoms with Gasteiger partial charge in [-0.15, -0.1) is 0 Å². The van der Waals surface area contributed by atoms with Gasteiger partial charge < -0.3 is 58.5 Å². The number of ether oxygens (including phenoxy) is 7. The maximum atomic E-state index is 13.5. The second-order valence-electron chi connectivity index (χ2n) is 15.2. The average molecular weight is 744 g/mol. The number of rotatable bonds is 9. The molecule has 0 bridgehead atoms. The van der Waals surface area contributed by atoms with Crippen LogP contribution in [0.15, 0.2) is 23.8 Å². The highest BCUT2D eigenvalue weighted by Crippen LogP contribution is 2.33. The minimum absolute atomic E-state index is 0.0439. The van der Waals surface area contributed by atoms with Crippen molar-refractivity contribution in [2.45, 2.75) is 147 Å². The van der Waals surface area contributed by atoms with Gasteiger partial charge in [0, 0.05) is 32.0 Å². The van der Waals surface area contributed by atoms with Gasteiger partial charge in [0.2, 0.25) is 0 Å². The summed E-state index contributed by atoms with van der Waals surface area (Å²) >= 11 is 0. The fourth-order valence-electron chi connectivity index (χ4n) is 7.62. The van der Waals surface area contributed by atoms with Crippen molar-refractivity contribution in [3.8, 4) is 0 Å². The number of ketones is 1. The Labute approximate surface area is 309 Å². The quantitative estimate of drug-likeness (QED) is 0.252. The smallest absolute Gasteiger partial charge is 0.308 e. The van der Waals surface area contributed by atoms with Crippen LogP contribution in [0, 0.1) is 23.7 Å². The molecule has 0 spiro atoms. The highest BCUT2D eigenvalue weighted by molar-refractivity contribution is 5.91. The number of aliphatic hydroxyl groups excluding tert-OH is 4. The zero-order valence-corrected chi connectivity index (χ0v) is 32.8. The molecule has 0 aromatic rings. The van der Waals surface area contributed by atoms with E-state index in [9.17, 15) is 30.0 Å². The van der Waals surface area contributed by atoms with Gasteiger partial charge in [0.05, 0.1) is 49.6 Å². The van der Waals surface area contributed by atoms with Crippen LogP contribution >= 0.6 is 0 Å². The minimum atomic E-state index is -1.21. The molecule has 17 atom stereocenters. The molecule has 3 heterocycles. The van der Waals surface area contributed by atoms with Crippen molar-refractivity contribution in [1.82, 2.24) is 4.90 Å². The Bertz CT molecular complexity index is 1200. The molecular formula is C38H65NO13.